The number of anilines is 1. The quantitative estimate of drug-likeness (QED) is 0.693. The van der Waals surface area contributed by atoms with Crippen molar-refractivity contribution in [2.45, 2.75) is 32.8 Å². The van der Waals surface area contributed by atoms with E-state index in [-0.39, 0.29) is 12.5 Å². The molecule has 0 heterocycles. The predicted molar refractivity (Wildman–Crippen MR) is 68.8 cm³/mol. The van der Waals surface area contributed by atoms with Gasteiger partial charge >= 0.3 is 0 Å². The number of hydrogen-bond donors (Lipinski definition) is 3. The summed E-state index contributed by atoms with van der Waals surface area (Å²) < 4.78 is 0. The van der Waals surface area contributed by atoms with Crippen molar-refractivity contribution in [1.29, 1.82) is 0 Å². The summed E-state index contributed by atoms with van der Waals surface area (Å²) in [5.74, 6) is -0.250. The van der Waals surface area contributed by atoms with Crippen LogP contribution in [0.25, 0.3) is 0 Å². The molecule has 4 heteroatoms. The van der Waals surface area contributed by atoms with Crippen molar-refractivity contribution < 1.29 is 9.90 Å². The van der Waals surface area contributed by atoms with Crippen LogP contribution in [0.5, 0.6) is 0 Å². The molecule has 0 fully saturated rings. The highest BCUT2D eigenvalue weighted by molar-refractivity contribution is 5.99. The summed E-state index contributed by atoms with van der Waals surface area (Å²) in [6.45, 7) is 5.67. The first-order valence-electron chi connectivity index (χ1n) is 5.72. The summed E-state index contributed by atoms with van der Waals surface area (Å²) in [5, 5.41) is 12.5. The maximum Gasteiger partial charge on any atom is 0.253 e. The van der Waals surface area contributed by atoms with Gasteiger partial charge in [0, 0.05) is 12.2 Å². The van der Waals surface area contributed by atoms with Gasteiger partial charge in [-0.05, 0) is 32.4 Å². The highest BCUT2D eigenvalue weighted by Crippen LogP contribution is 2.14. The molecule has 1 unspecified atom stereocenters. The van der Waals surface area contributed by atoms with Gasteiger partial charge in [-0.2, -0.15) is 0 Å². The maximum atomic E-state index is 11.9. The fourth-order valence-corrected chi connectivity index (χ4v) is 1.36. The Morgan fingerprint density at radius 1 is 1.53 bits per heavy atom. The first-order chi connectivity index (χ1) is 7.85. The summed E-state index contributed by atoms with van der Waals surface area (Å²) >= 11 is 0. The van der Waals surface area contributed by atoms with Gasteiger partial charge in [-0.1, -0.05) is 18.6 Å². The van der Waals surface area contributed by atoms with Crippen LogP contribution in [-0.4, -0.2) is 23.2 Å². The molecule has 1 aromatic rings. The number of carbonyl (C=O) groups excluding carboxylic acids is 1. The molecule has 1 atom stereocenters. The Morgan fingerprint density at radius 2 is 2.18 bits per heavy atom. The number of aliphatic hydroxyl groups is 1. The molecule has 0 saturated carbocycles. The Kier molecular flexibility index (Phi) is 4.12. The monoisotopic (exact) mass is 236 g/mol. The van der Waals surface area contributed by atoms with Gasteiger partial charge in [0.05, 0.1) is 11.2 Å². The Bertz CT molecular complexity index is 414. The van der Waals surface area contributed by atoms with Gasteiger partial charge in [-0.15, -0.1) is 0 Å². The van der Waals surface area contributed by atoms with E-state index >= 15 is 0 Å². The minimum absolute atomic E-state index is 0.218. The summed E-state index contributed by atoms with van der Waals surface area (Å²) in [7, 11) is 0. The minimum atomic E-state index is -0.881. The number of amides is 1. The lowest BCUT2D eigenvalue weighted by Gasteiger charge is -2.21. The first-order valence-corrected chi connectivity index (χ1v) is 5.72. The Hall–Kier alpha value is -1.55. The Balaban J connectivity index is 2.74. The van der Waals surface area contributed by atoms with E-state index in [2.05, 4.69) is 5.32 Å². The van der Waals surface area contributed by atoms with E-state index in [0.29, 0.717) is 17.7 Å². The molecule has 4 nitrogen and oxygen atoms in total. The lowest BCUT2D eigenvalue weighted by molar-refractivity contribution is 0.0518. The lowest BCUT2D eigenvalue weighted by Crippen LogP contribution is -2.40. The number of carbonyl (C=O) groups is 1. The van der Waals surface area contributed by atoms with Gasteiger partial charge < -0.3 is 16.2 Å². The normalized spacial score (nSPS) is 14.1. The van der Waals surface area contributed by atoms with Crippen LogP contribution >= 0.6 is 0 Å². The smallest absolute Gasteiger partial charge is 0.253 e. The van der Waals surface area contributed by atoms with Gasteiger partial charge in [0.2, 0.25) is 0 Å². The van der Waals surface area contributed by atoms with Gasteiger partial charge in [0.1, 0.15) is 0 Å². The second-order valence-corrected chi connectivity index (χ2v) is 4.62. The molecule has 0 bridgehead atoms. The van der Waals surface area contributed by atoms with Crippen molar-refractivity contribution in [3.8, 4) is 0 Å². The van der Waals surface area contributed by atoms with Crippen LogP contribution in [0.1, 0.15) is 36.2 Å². The van der Waals surface area contributed by atoms with Crippen LogP contribution < -0.4 is 11.1 Å². The average molecular weight is 236 g/mol. The molecule has 1 amide bonds. The van der Waals surface area contributed by atoms with Crippen molar-refractivity contribution in [3.63, 3.8) is 0 Å². The SMILES string of the molecule is CCC(C)(O)CNC(=O)c1cc(C)ccc1N. The Labute approximate surface area is 102 Å². The van der Waals surface area contributed by atoms with Crippen LogP contribution in [0.15, 0.2) is 18.2 Å². The summed E-state index contributed by atoms with van der Waals surface area (Å²) in [6.07, 6.45) is 0.580. The molecule has 0 spiro atoms. The molecular weight excluding hydrogens is 216 g/mol. The van der Waals surface area contributed by atoms with Crippen LogP contribution in [0.2, 0.25) is 0 Å². The number of hydrogen-bond acceptors (Lipinski definition) is 3. The van der Waals surface area contributed by atoms with Crippen molar-refractivity contribution >= 4 is 11.6 Å². The molecule has 0 aliphatic heterocycles. The highest BCUT2D eigenvalue weighted by Gasteiger charge is 2.19. The zero-order chi connectivity index (χ0) is 13.1. The maximum absolute atomic E-state index is 11.9. The van der Waals surface area contributed by atoms with Crippen molar-refractivity contribution in [2.75, 3.05) is 12.3 Å². The molecule has 0 aromatic heterocycles. The number of nitrogens with one attached hydrogen (secondary N) is 1. The standard InChI is InChI=1S/C13H20N2O2/c1-4-13(3,17)8-15-12(16)10-7-9(2)5-6-11(10)14/h5-7,17H,4,8,14H2,1-3H3,(H,15,16). The van der Waals surface area contributed by atoms with Crippen LogP contribution in [-0.2, 0) is 0 Å². The van der Waals surface area contributed by atoms with Crippen LogP contribution in [0.3, 0.4) is 0 Å². The van der Waals surface area contributed by atoms with Crippen LogP contribution in [0.4, 0.5) is 5.69 Å². The number of nitrogens with two attached hydrogens (primary N) is 1. The molecule has 1 aromatic carbocycles. The van der Waals surface area contributed by atoms with E-state index in [9.17, 15) is 9.90 Å². The number of aryl methyl sites for hydroxylation is 1. The second kappa shape index (κ2) is 5.19. The van der Waals surface area contributed by atoms with E-state index in [1.54, 1.807) is 19.1 Å². The summed E-state index contributed by atoms with van der Waals surface area (Å²) in [4.78, 5) is 11.9. The largest absolute Gasteiger partial charge is 0.398 e. The highest BCUT2D eigenvalue weighted by atomic mass is 16.3. The van der Waals surface area contributed by atoms with E-state index in [0.717, 1.165) is 5.56 Å². The number of benzene rings is 1. The summed E-state index contributed by atoms with van der Waals surface area (Å²) in [5.41, 5.74) is 6.74. The fraction of sp³-hybridized carbons (Fsp3) is 0.462. The van der Waals surface area contributed by atoms with E-state index < -0.39 is 5.60 Å². The molecule has 0 radical (unpaired) electrons. The molecule has 4 N–H and O–H groups in total. The molecule has 0 saturated heterocycles. The van der Waals surface area contributed by atoms with E-state index in [1.807, 2.05) is 19.9 Å². The van der Waals surface area contributed by atoms with E-state index in [4.69, 9.17) is 5.73 Å². The molecule has 94 valence electrons. The van der Waals surface area contributed by atoms with Crippen molar-refractivity contribution in [3.05, 3.63) is 29.3 Å². The molecule has 17 heavy (non-hydrogen) atoms. The predicted octanol–water partition coefficient (Wildman–Crippen LogP) is 1.47. The van der Waals surface area contributed by atoms with Crippen molar-refractivity contribution in [1.82, 2.24) is 5.32 Å². The third kappa shape index (κ3) is 3.75. The van der Waals surface area contributed by atoms with Crippen LogP contribution in [0, 0.1) is 6.92 Å². The van der Waals surface area contributed by atoms with Gasteiger partial charge in [-0.3, -0.25) is 4.79 Å². The van der Waals surface area contributed by atoms with Gasteiger partial charge in [0.25, 0.3) is 5.91 Å². The third-order valence-electron chi connectivity index (χ3n) is 2.84. The molecular formula is C13H20N2O2. The second-order valence-electron chi connectivity index (χ2n) is 4.62. The minimum Gasteiger partial charge on any atom is -0.398 e. The zero-order valence-corrected chi connectivity index (χ0v) is 10.6. The van der Waals surface area contributed by atoms with E-state index in [1.165, 1.54) is 0 Å². The zero-order valence-electron chi connectivity index (χ0n) is 10.6. The first kappa shape index (κ1) is 13.5. The Morgan fingerprint density at radius 3 is 2.76 bits per heavy atom. The molecule has 0 aliphatic rings. The number of rotatable bonds is 4. The number of nitrogen functional groups attached to an aromatic ring is 1. The molecule has 1 rings (SSSR count). The topological polar surface area (TPSA) is 75.3 Å². The average Bonchev–Trinajstić information content (AvgIpc) is 2.29. The van der Waals surface area contributed by atoms with Gasteiger partial charge in [0.15, 0.2) is 0 Å². The fourth-order valence-electron chi connectivity index (χ4n) is 1.36. The van der Waals surface area contributed by atoms with Gasteiger partial charge in [-0.25, -0.2) is 0 Å². The molecule has 0 aliphatic carbocycles. The lowest BCUT2D eigenvalue weighted by atomic mass is 10.0. The van der Waals surface area contributed by atoms with Crippen molar-refractivity contribution in [2.24, 2.45) is 0 Å². The summed E-state index contributed by atoms with van der Waals surface area (Å²) in [6, 6.07) is 5.31. The third-order valence-corrected chi connectivity index (χ3v) is 2.84.